The minimum atomic E-state index is -3.36. The number of nitrogens with zero attached hydrogens (tertiary/aromatic N) is 2. The van der Waals surface area contributed by atoms with Crippen LogP contribution in [0.1, 0.15) is 25.3 Å². The Balaban J connectivity index is 1.46. The van der Waals surface area contributed by atoms with Crippen LogP contribution in [-0.4, -0.2) is 62.6 Å². The topological polar surface area (TPSA) is 96.0 Å². The number of fused-ring (bicyclic) bond motifs is 1. The lowest BCUT2D eigenvalue weighted by Gasteiger charge is -2.38. The predicted octanol–water partition coefficient (Wildman–Crippen LogP) is 2.20. The van der Waals surface area contributed by atoms with Gasteiger partial charge in [0.25, 0.3) is 5.91 Å². The van der Waals surface area contributed by atoms with Crippen molar-refractivity contribution in [3.05, 3.63) is 60.2 Å². The molecule has 2 heterocycles. The fourth-order valence-electron chi connectivity index (χ4n) is 4.47. The van der Waals surface area contributed by atoms with E-state index < -0.39 is 22.0 Å². The van der Waals surface area contributed by atoms with Gasteiger partial charge in [0.1, 0.15) is 5.75 Å². The van der Waals surface area contributed by atoms with E-state index in [0.717, 1.165) is 5.56 Å². The fraction of sp³-hybridized carbons (Fsp3) is 0.440. The summed E-state index contributed by atoms with van der Waals surface area (Å²) in [4.78, 5) is 28.1. The van der Waals surface area contributed by atoms with Crippen LogP contribution in [0.3, 0.4) is 0 Å². The van der Waals surface area contributed by atoms with E-state index in [0.29, 0.717) is 43.8 Å². The summed E-state index contributed by atoms with van der Waals surface area (Å²) in [5.74, 6) is -0.419. The Morgan fingerprint density at radius 3 is 2.56 bits per heavy atom. The molecule has 2 aliphatic rings. The van der Waals surface area contributed by atoms with E-state index in [9.17, 15) is 18.0 Å². The largest absolute Gasteiger partial charge is 0.477 e. The van der Waals surface area contributed by atoms with Gasteiger partial charge in [0.05, 0.1) is 23.9 Å². The van der Waals surface area contributed by atoms with Crippen LogP contribution in [0.2, 0.25) is 0 Å². The van der Waals surface area contributed by atoms with Crippen LogP contribution in [-0.2, 0) is 26.0 Å². The molecule has 1 N–H and O–H groups in total. The van der Waals surface area contributed by atoms with Gasteiger partial charge in [-0.1, -0.05) is 42.5 Å². The summed E-state index contributed by atoms with van der Waals surface area (Å²) in [5.41, 5.74) is 1.73. The minimum absolute atomic E-state index is 0.0134. The summed E-state index contributed by atoms with van der Waals surface area (Å²) >= 11 is 0. The molecule has 1 fully saturated rings. The molecule has 0 aliphatic carbocycles. The van der Waals surface area contributed by atoms with Crippen molar-refractivity contribution < 1.29 is 22.7 Å². The highest BCUT2D eigenvalue weighted by atomic mass is 32.2. The first-order valence-electron chi connectivity index (χ1n) is 11.8. The van der Waals surface area contributed by atoms with E-state index in [-0.39, 0.29) is 30.7 Å². The van der Waals surface area contributed by atoms with Crippen molar-refractivity contribution >= 4 is 27.5 Å². The number of hydrogen-bond acceptors (Lipinski definition) is 5. The van der Waals surface area contributed by atoms with Crippen LogP contribution in [0.15, 0.2) is 54.6 Å². The second kappa shape index (κ2) is 10.6. The average Bonchev–Trinajstić information content (AvgIpc) is 2.88. The Morgan fingerprint density at radius 1 is 1.06 bits per heavy atom. The Kier molecular flexibility index (Phi) is 7.53. The van der Waals surface area contributed by atoms with Crippen molar-refractivity contribution in [2.45, 2.75) is 32.3 Å². The van der Waals surface area contributed by atoms with E-state index in [1.165, 1.54) is 4.31 Å². The quantitative estimate of drug-likeness (QED) is 0.649. The summed E-state index contributed by atoms with van der Waals surface area (Å²) in [6.45, 7) is 2.77. The van der Waals surface area contributed by atoms with Gasteiger partial charge in [0, 0.05) is 19.6 Å². The zero-order valence-corrected chi connectivity index (χ0v) is 20.2. The molecule has 1 saturated heterocycles. The Labute approximate surface area is 200 Å². The van der Waals surface area contributed by atoms with Crippen LogP contribution >= 0.6 is 0 Å². The number of hydrogen-bond donors (Lipinski definition) is 1. The standard InChI is InChI=1S/C25H31N3O5S/c1-2-34(31,32)27-16-8-11-20(17-27)25(30)28-18-23(33-22-13-7-6-12-21(22)28)24(29)26-15-14-19-9-4-3-5-10-19/h3-7,9-10,12-13,20,23H,2,8,11,14-18H2,1H3,(H,26,29)/t20-,23+/m1/s1. The SMILES string of the molecule is CCS(=O)(=O)N1CCC[C@@H](C(=O)N2C[C@@H](C(=O)NCCc3ccccc3)Oc3ccccc32)C1. The molecule has 0 radical (unpaired) electrons. The van der Waals surface area contributed by atoms with Gasteiger partial charge < -0.3 is 15.0 Å². The van der Waals surface area contributed by atoms with Crippen molar-refractivity contribution in [3.8, 4) is 5.75 Å². The van der Waals surface area contributed by atoms with Gasteiger partial charge in [0.2, 0.25) is 15.9 Å². The average molecular weight is 486 g/mol. The Bertz CT molecular complexity index is 1120. The van der Waals surface area contributed by atoms with Gasteiger partial charge in [-0.25, -0.2) is 12.7 Å². The van der Waals surface area contributed by atoms with Crippen LogP contribution in [0.4, 0.5) is 5.69 Å². The van der Waals surface area contributed by atoms with Gasteiger partial charge in [0.15, 0.2) is 6.10 Å². The molecular weight excluding hydrogens is 454 g/mol. The highest BCUT2D eigenvalue weighted by Crippen LogP contribution is 2.35. The summed E-state index contributed by atoms with van der Waals surface area (Å²) in [6.07, 6.45) is 1.10. The zero-order valence-electron chi connectivity index (χ0n) is 19.4. The lowest BCUT2D eigenvalue weighted by molar-refractivity contribution is -0.129. The molecule has 2 aliphatic heterocycles. The summed E-state index contributed by atoms with van der Waals surface area (Å²) in [7, 11) is -3.36. The van der Waals surface area contributed by atoms with Crippen molar-refractivity contribution in [1.29, 1.82) is 0 Å². The van der Waals surface area contributed by atoms with Crippen molar-refractivity contribution in [2.75, 3.05) is 36.8 Å². The first kappa shape index (κ1) is 24.2. The number of piperidine rings is 1. The smallest absolute Gasteiger partial charge is 0.262 e. The summed E-state index contributed by atoms with van der Waals surface area (Å²) in [5, 5.41) is 2.92. The summed E-state index contributed by atoms with van der Waals surface area (Å²) < 4.78 is 32.1. The van der Waals surface area contributed by atoms with Gasteiger partial charge in [-0.05, 0) is 43.9 Å². The lowest BCUT2D eigenvalue weighted by atomic mass is 9.97. The van der Waals surface area contributed by atoms with Gasteiger partial charge in [-0.2, -0.15) is 0 Å². The molecule has 0 spiro atoms. The van der Waals surface area contributed by atoms with Crippen LogP contribution in [0.25, 0.3) is 0 Å². The van der Waals surface area contributed by atoms with E-state index in [2.05, 4.69) is 5.32 Å². The second-order valence-electron chi connectivity index (χ2n) is 8.65. The zero-order chi connectivity index (χ0) is 24.1. The van der Waals surface area contributed by atoms with Crippen molar-refractivity contribution in [3.63, 3.8) is 0 Å². The molecule has 2 atom stereocenters. The molecule has 2 aromatic rings. The Morgan fingerprint density at radius 2 is 1.79 bits per heavy atom. The van der Waals surface area contributed by atoms with Crippen molar-refractivity contribution in [1.82, 2.24) is 9.62 Å². The Hall–Kier alpha value is -2.91. The van der Waals surface area contributed by atoms with E-state index in [1.54, 1.807) is 30.0 Å². The number of carbonyl (C=O) groups is 2. The minimum Gasteiger partial charge on any atom is -0.477 e. The third-order valence-electron chi connectivity index (χ3n) is 6.38. The normalized spacial score (nSPS) is 20.8. The molecule has 2 aromatic carbocycles. The molecule has 0 saturated carbocycles. The number of anilines is 1. The predicted molar refractivity (Wildman–Crippen MR) is 130 cm³/mol. The first-order chi connectivity index (χ1) is 16.4. The van der Waals surface area contributed by atoms with Crippen LogP contribution < -0.4 is 15.0 Å². The molecule has 0 aromatic heterocycles. The maximum Gasteiger partial charge on any atom is 0.262 e. The van der Waals surface area contributed by atoms with E-state index in [4.69, 9.17) is 4.74 Å². The highest BCUT2D eigenvalue weighted by molar-refractivity contribution is 7.89. The third kappa shape index (κ3) is 5.42. The first-order valence-corrected chi connectivity index (χ1v) is 13.4. The lowest BCUT2D eigenvalue weighted by Crippen LogP contribution is -2.54. The summed E-state index contributed by atoms with van der Waals surface area (Å²) in [6, 6.07) is 17.0. The number of nitrogens with one attached hydrogen (secondary N) is 1. The molecule has 0 bridgehead atoms. The number of ether oxygens (including phenoxy) is 1. The van der Waals surface area contributed by atoms with Crippen LogP contribution in [0, 0.1) is 5.92 Å². The molecule has 9 heteroatoms. The number of para-hydroxylation sites is 2. The highest BCUT2D eigenvalue weighted by Gasteiger charge is 2.39. The maximum absolute atomic E-state index is 13.6. The van der Waals surface area contributed by atoms with E-state index >= 15 is 0 Å². The molecule has 0 unspecified atom stereocenters. The molecular formula is C25H31N3O5S. The van der Waals surface area contributed by atoms with Crippen LogP contribution in [0.5, 0.6) is 5.75 Å². The third-order valence-corrected chi connectivity index (χ3v) is 8.23. The molecule has 4 rings (SSSR count). The fourth-order valence-corrected chi connectivity index (χ4v) is 5.65. The number of carbonyl (C=O) groups excluding carboxylic acids is 2. The second-order valence-corrected chi connectivity index (χ2v) is 10.9. The molecule has 34 heavy (non-hydrogen) atoms. The maximum atomic E-state index is 13.6. The molecule has 182 valence electrons. The monoisotopic (exact) mass is 485 g/mol. The number of amides is 2. The van der Waals surface area contributed by atoms with Gasteiger partial charge in [-0.15, -0.1) is 0 Å². The van der Waals surface area contributed by atoms with Crippen molar-refractivity contribution in [2.24, 2.45) is 5.92 Å². The number of benzene rings is 2. The number of rotatable bonds is 7. The van der Waals surface area contributed by atoms with Gasteiger partial charge in [-0.3, -0.25) is 9.59 Å². The molecule has 8 nitrogen and oxygen atoms in total. The molecule has 2 amide bonds. The van der Waals surface area contributed by atoms with E-state index in [1.807, 2.05) is 36.4 Å². The van der Waals surface area contributed by atoms with Gasteiger partial charge >= 0.3 is 0 Å². The number of sulfonamides is 1.